The second kappa shape index (κ2) is 5.32. The minimum Gasteiger partial charge on any atom is -0.508 e. The van der Waals surface area contributed by atoms with Gasteiger partial charge in [0.2, 0.25) is 5.91 Å². The average Bonchev–Trinajstić information content (AvgIpc) is 2.39. The number of likely N-dealkylation sites (tertiary alicyclic amines) is 1. The van der Waals surface area contributed by atoms with E-state index in [4.69, 9.17) is 0 Å². The van der Waals surface area contributed by atoms with Gasteiger partial charge in [-0.15, -0.1) is 0 Å². The molecule has 2 rings (SSSR count). The highest BCUT2D eigenvalue weighted by Gasteiger charge is 2.32. The summed E-state index contributed by atoms with van der Waals surface area (Å²) in [6.45, 7) is 1.70. The van der Waals surface area contributed by atoms with Gasteiger partial charge in [0.1, 0.15) is 11.8 Å². The molecule has 0 aromatic heterocycles. The van der Waals surface area contributed by atoms with Crippen LogP contribution in [-0.2, 0) is 9.59 Å². The lowest BCUT2D eigenvalue weighted by atomic mass is 10.0. The van der Waals surface area contributed by atoms with Gasteiger partial charge in [-0.1, -0.05) is 0 Å². The minimum atomic E-state index is -0.682. The second-order valence-electron chi connectivity index (χ2n) is 4.85. The minimum absolute atomic E-state index is 0.0816. The molecule has 6 nitrogen and oxygen atoms in total. The number of piperidine rings is 1. The number of carbonyl (C=O) groups excluding carboxylic acids is 3. The van der Waals surface area contributed by atoms with Gasteiger partial charge in [-0.25, -0.2) is 0 Å². The SMILES string of the molecule is Cc1cc(O)ccc1C(=O)NC1CCC(=O)N(C)C1=O. The van der Waals surface area contributed by atoms with E-state index in [1.807, 2.05) is 0 Å². The zero-order valence-electron chi connectivity index (χ0n) is 11.3. The first kappa shape index (κ1) is 14.0. The topological polar surface area (TPSA) is 86.7 Å². The lowest BCUT2D eigenvalue weighted by molar-refractivity contribution is -0.147. The van der Waals surface area contributed by atoms with Gasteiger partial charge in [-0.2, -0.15) is 0 Å². The first-order valence-electron chi connectivity index (χ1n) is 6.31. The lowest BCUT2D eigenvalue weighted by Gasteiger charge is -2.28. The number of nitrogens with one attached hydrogen (secondary N) is 1. The Hall–Kier alpha value is -2.37. The van der Waals surface area contributed by atoms with Gasteiger partial charge in [0.25, 0.3) is 11.8 Å². The molecule has 1 fully saturated rings. The first-order chi connectivity index (χ1) is 9.40. The van der Waals surface area contributed by atoms with E-state index in [1.54, 1.807) is 6.92 Å². The fourth-order valence-electron chi connectivity index (χ4n) is 2.19. The Balaban J connectivity index is 2.12. The Morgan fingerprint density at radius 2 is 2.10 bits per heavy atom. The fraction of sp³-hybridized carbons (Fsp3) is 0.357. The third-order valence-corrected chi connectivity index (χ3v) is 3.41. The van der Waals surface area contributed by atoms with Gasteiger partial charge in [0.05, 0.1) is 0 Å². The van der Waals surface area contributed by atoms with Crippen LogP contribution in [-0.4, -0.2) is 40.8 Å². The largest absolute Gasteiger partial charge is 0.508 e. The van der Waals surface area contributed by atoms with E-state index in [-0.39, 0.29) is 24.0 Å². The molecule has 0 radical (unpaired) electrons. The zero-order valence-corrected chi connectivity index (χ0v) is 11.3. The molecule has 0 spiro atoms. The number of likely N-dealkylation sites (N-methyl/N-ethyl adjacent to an activating group) is 1. The summed E-state index contributed by atoms with van der Waals surface area (Å²) in [5.74, 6) is -0.936. The van der Waals surface area contributed by atoms with E-state index in [1.165, 1.54) is 25.2 Å². The van der Waals surface area contributed by atoms with Gasteiger partial charge in [-0.3, -0.25) is 19.3 Å². The highest BCUT2D eigenvalue weighted by molar-refractivity contribution is 6.04. The molecule has 1 saturated heterocycles. The molecule has 2 N–H and O–H groups in total. The maximum atomic E-state index is 12.1. The zero-order chi connectivity index (χ0) is 14.9. The monoisotopic (exact) mass is 276 g/mol. The van der Waals surface area contributed by atoms with Crippen molar-refractivity contribution in [3.8, 4) is 5.75 Å². The van der Waals surface area contributed by atoms with Crippen molar-refractivity contribution in [3.05, 3.63) is 29.3 Å². The summed E-state index contributed by atoms with van der Waals surface area (Å²) in [4.78, 5) is 36.4. The van der Waals surface area contributed by atoms with Crippen molar-refractivity contribution in [2.75, 3.05) is 7.05 Å². The van der Waals surface area contributed by atoms with Crippen LogP contribution in [0.5, 0.6) is 5.75 Å². The van der Waals surface area contributed by atoms with Crippen molar-refractivity contribution in [3.63, 3.8) is 0 Å². The van der Waals surface area contributed by atoms with Crippen LogP contribution in [0.3, 0.4) is 0 Å². The van der Waals surface area contributed by atoms with E-state index >= 15 is 0 Å². The molecule has 1 atom stereocenters. The molecule has 0 saturated carbocycles. The lowest BCUT2D eigenvalue weighted by Crippen LogP contribution is -2.53. The molecular formula is C14H16N2O4. The van der Waals surface area contributed by atoms with Crippen molar-refractivity contribution in [1.29, 1.82) is 0 Å². The van der Waals surface area contributed by atoms with Crippen LogP contribution in [0, 0.1) is 6.92 Å². The number of phenols is 1. The molecule has 6 heteroatoms. The van der Waals surface area contributed by atoms with Gasteiger partial charge in [-0.05, 0) is 37.1 Å². The van der Waals surface area contributed by atoms with Crippen LogP contribution < -0.4 is 5.32 Å². The molecular weight excluding hydrogens is 260 g/mol. The summed E-state index contributed by atoms with van der Waals surface area (Å²) in [5.41, 5.74) is 1.02. The van der Waals surface area contributed by atoms with Crippen LogP contribution in [0.25, 0.3) is 0 Å². The van der Waals surface area contributed by atoms with Crippen molar-refractivity contribution in [1.82, 2.24) is 10.2 Å². The number of phenolic OH excluding ortho intramolecular Hbond substituents is 1. The molecule has 1 aliphatic heterocycles. The van der Waals surface area contributed by atoms with Crippen molar-refractivity contribution >= 4 is 17.7 Å². The number of aryl methyl sites for hydroxylation is 1. The summed E-state index contributed by atoms with van der Waals surface area (Å²) in [6.07, 6.45) is 0.548. The standard InChI is InChI=1S/C14H16N2O4/c1-8-7-9(17)3-4-10(8)13(19)15-11-5-6-12(18)16(2)14(11)20/h3-4,7,11,17H,5-6H2,1-2H3,(H,15,19). The molecule has 1 heterocycles. The van der Waals surface area contributed by atoms with Crippen LogP contribution in [0.4, 0.5) is 0 Å². The van der Waals surface area contributed by atoms with E-state index < -0.39 is 11.9 Å². The summed E-state index contributed by atoms with van der Waals surface area (Å²) >= 11 is 0. The van der Waals surface area contributed by atoms with Gasteiger partial charge in [0, 0.05) is 19.0 Å². The molecule has 1 aliphatic rings. The highest BCUT2D eigenvalue weighted by Crippen LogP contribution is 2.17. The van der Waals surface area contributed by atoms with E-state index in [0.717, 1.165) is 4.90 Å². The normalized spacial score (nSPS) is 19.1. The smallest absolute Gasteiger partial charge is 0.252 e. The number of rotatable bonds is 2. The third-order valence-electron chi connectivity index (χ3n) is 3.41. The van der Waals surface area contributed by atoms with Gasteiger partial charge < -0.3 is 10.4 Å². The number of imide groups is 1. The molecule has 3 amide bonds. The van der Waals surface area contributed by atoms with Crippen molar-refractivity contribution < 1.29 is 19.5 Å². The molecule has 0 aliphatic carbocycles. The number of amides is 3. The Kier molecular flexibility index (Phi) is 3.74. The number of hydrogen-bond donors (Lipinski definition) is 2. The average molecular weight is 276 g/mol. The molecule has 106 valence electrons. The highest BCUT2D eigenvalue weighted by atomic mass is 16.3. The number of hydrogen-bond acceptors (Lipinski definition) is 4. The molecule has 20 heavy (non-hydrogen) atoms. The molecule has 1 unspecified atom stereocenters. The van der Waals surface area contributed by atoms with E-state index in [0.29, 0.717) is 17.5 Å². The molecule has 0 bridgehead atoms. The Labute approximate surface area is 116 Å². The second-order valence-corrected chi connectivity index (χ2v) is 4.85. The van der Waals surface area contributed by atoms with E-state index in [9.17, 15) is 19.5 Å². The van der Waals surface area contributed by atoms with Crippen LogP contribution in [0.15, 0.2) is 18.2 Å². The quantitative estimate of drug-likeness (QED) is 0.773. The number of aromatic hydroxyl groups is 1. The Bertz CT molecular complexity index is 583. The van der Waals surface area contributed by atoms with Crippen LogP contribution in [0.1, 0.15) is 28.8 Å². The van der Waals surface area contributed by atoms with Gasteiger partial charge >= 0.3 is 0 Å². The summed E-state index contributed by atoms with van der Waals surface area (Å²) in [7, 11) is 1.41. The maximum Gasteiger partial charge on any atom is 0.252 e. The summed E-state index contributed by atoms with van der Waals surface area (Å²) < 4.78 is 0. The first-order valence-corrected chi connectivity index (χ1v) is 6.31. The predicted molar refractivity (Wildman–Crippen MR) is 71.1 cm³/mol. The summed E-state index contributed by atoms with van der Waals surface area (Å²) in [6, 6.07) is 3.72. The molecule has 1 aromatic carbocycles. The third kappa shape index (κ3) is 2.64. The predicted octanol–water partition coefficient (Wildman–Crippen LogP) is 0.578. The van der Waals surface area contributed by atoms with Crippen molar-refractivity contribution in [2.24, 2.45) is 0 Å². The number of carbonyl (C=O) groups is 3. The maximum absolute atomic E-state index is 12.1. The van der Waals surface area contributed by atoms with Crippen LogP contribution in [0.2, 0.25) is 0 Å². The van der Waals surface area contributed by atoms with E-state index in [2.05, 4.69) is 5.32 Å². The Morgan fingerprint density at radius 1 is 1.40 bits per heavy atom. The summed E-state index contributed by atoms with van der Waals surface area (Å²) in [5, 5.41) is 11.9. The number of benzene rings is 1. The van der Waals surface area contributed by atoms with Crippen LogP contribution >= 0.6 is 0 Å². The van der Waals surface area contributed by atoms with Crippen molar-refractivity contribution in [2.45, 2.75) is 25.8 Å². The Morgan fingerprint density at radius 3 is 2.75 bits per heavy atom. The molecule has 1 aromatic rings. The fourth-order valence-corrected chi connectivity index (χ4v) is 2.19. The van der Waals surface area contributed by atoms with Gasteiger partial charge in [0.15, 0.2) is 0 Å². The number of nitrogens with zero attached hydrogens (tertiary/aromatic N) is 1.